The molecule has 2 heterocycles. The number of benzene rings is 1. The van der Waals surface area contributed by atoms with E-state index in [0.717, 1.165) is 51.4 Å². The molecule has 0 N–H and O–H groups in total. The molecule has 1 amide bonds. The first-order valence-electron chi connectivity index (χ1n) is 11.7. The van der Waals surface area contributed by atoms with Crippen LogP contribution >= 0.6 is 0 Å². The summed E-state index contributed by atoms with van der Waals surface area (Å²) in [6.07, 6.45) is 7.44. The van der Waals surface area contributed by atoms with Gasteiger partial charge in [-0.2, -0.15) is 5.26 Å². The van der Waals surface area contributed by atoms with Crippen LogP contribution in [0.25, 0.3) is 0 Å². The molecule has 1 aromatic rings. The molecule has 2 bridgehead atoms. The minimum absolute atomic E-state index is 0.0117. The van der Waals surface area contributed by atoms with Crippen molar-refractivity contribution in [1.29, 1.82) is 5.26 Å². The van der Waals surface area contributed by atoms with E-state index < -0.39 is 11.4 Å². The molecule has 2 atom stereocenters. The lowest BCUT2D eigenvalue weighted by atomic mass is 9.93. The van der Waals surface area contributed by atoms with Gasteiger partial charge in [0.05, 0.1) is 23.9 Å². The Balaban J connectivity index is 1.25. The number of fused-ring (bicyclic) bond motifs is 2. The fraction of sp³-hybridized carbons (Fsp3) is 0.680. The van der Waals surface area contributed by atoms with Gasteiger partial charge in [-0.25, -0.2) is 9.18 Å². The van der Waals surface area contributed by atoms with Crippen molar-refractivity contribution in [2.75, 3.05) is 0 Å². The average Bonchev–Trinajstić information content (AvgIpc) is 3.00. The van der Waals surface area contributed by atoms with Crippen LogP contribution in [0.3, 0.4) is 0 Å². The Morgan fingerprint density at radius 2 is 1.66 bits per heavy atom. The van der Waals surface area contributed by atoms with E-state index in [-0.39, 0.29) is 42.1 Å². The third-order valence-corrected chi connectivity index (χ3v) is 6.66. The number of nitrogens with zero attached hydrogens (tertiary/aromatic N) is 2. The number of amides is 1. The van der Waals surface area contributed by atoms with Gasteiger partial charge in [0.25, 0.3) is 0 Å². The van der Waals surface area contributed by atoms with Crippen molar-refractivity contribution in [1.82, 2.24) is 4.90 Å². The number of piperidine rings is 1. The van der Waals surface area contributed by atoms with E-state index >= 15 is 0 Å². The molecule has 1 aromatic carbocycles. The van der Waals surface area contributed by atoms with Crippen molar-refractivity contribution in [3.63, 3.8) is 0 Å². The first kappa shape index (κ1) is 22.8. The van der Waals surface area contributed by atoms with Gasteiger partial charge in [0.1, 0.15) is 23.2 Å². The largest absolute Gasteiger partial charge is 0.489 e. The van der Waals surface area contributed by atoms with Crippen LogP contribution in [0.2, 0.25) is 0 Å². The number of carbonyl (C=O) groups excluding carboxylic acids is 1. The van der Waals surface area contributed by atoms with Crippen LogP contribution < -0.4 is 4.74 Å². The minimum Gasteiger partial charge on any atom is -0.489 e. The number of hydrogen-bond donors (Lipinski definition) is 0. The molecule has 1 aliphatic carbocycles. The number of halogens is 1. The summed E-state index contributed by atoms with van der Waals surface area (Å²) in [4.78, 5) is 14.6. The van der Waals surface area contributed by atoms with Crippen LogP contribution in [0.1, 0.15) is 77.7 Å². The van der Waals surface area contributed by atoms with Crippen LogP contribution in [0.15, 0.2) is 18.2 Å². The molecule has 3 fully saturated rings. The molecule has 32 heavy (non-hydrogen) atoms. The highest BCUT2D eigenvalue weighted by atomic mass is 19.1. The zero-order chi connectivity index (χ0) is 22.9. The molecule has 1 saturated carbocycles. The molecule has 7 heteroatoms. The second-order valence-electron chi connectivity index (χ2n) is 10.3. The lowest BCUT2D eigenvalue weighted by Gasteiger charge is -2.41. The van der Waals surface area contributed by atoms with Gasteiger partial charge in [0.2, 0.25) is 0 Å². The Bertz CT molecular complexity index is 856. The summed E-state index contributed by atoms with van der Waals surface area (Å²) in [5, 5.41) is 9.20. The van der Waals surface area contributed by atoms with Gasteiger partial charge >= 0.3 is 6.09 Å². The van der Waals surface area contributed by atoms with Gasteiger partial charge in [-0.1, -0.05) is 0 Å². The molecule has 4 rings (SSSR count). The van der Waals surface area contributed by atoms with Crippen LogP contribution in [-0.4, -0.2) is 47.0 Å². The summed E-state index contributed by atoms with van der Waals surface area (Å²) in [5.41, 5.74) is -0.248. The van der Waals surface area contributed by atoms with E-state index in [0.29, 0.717) is 5.75 Å². The van der Waals surface area contributed by atoms with Crippen LogP contribution in [0, 0.1) is 17.1 Å². The molecule has 2 saturated heterocycles. The van der Waals surface area contributed by atoms with Crippen molar-refractivity contribution in [3.05, 3.63) is 29.6 Å². The number of hydrogen-bond acceptors (Lipinski definition) is 5. The van der Waals surface area contributed by atoms with E-state index in [9.17, 15) is 14.4 Å². The first-order chi connectivity index (χ1) is 15.2. The van der Waals surface area contributed by atoms with E-state index in [2.05, 4.69) is 0 Å². The van der Waals surface area contributed by atoms with Gasteiger partial charge < -0.3 is 19.1 Å². The van der Waals surface area contributed by atoms with Gasteiger partial charge in [-0.15, -0.1) is 0 Å². The lowest BCUT2D eigenvalue weighted by Crippen LogP contribution is -2.50. The summed E-state index contributed by atoms with van der Waals surface area (Å²) in [7, 11) is 0. The Morgan fingerprint density at radius 3 is 2.25 bits per heavy atom. The zero-order valence-corrected chi connectivity index (χ0v) is 19.2. The third kappa shape index (κ3) is 5.35. The lowest BCUT2D eigenvalue weighted by molar-refractivity contribution is -0.0812. The monoisotopic (exact) mass is 444 g/mol. The molecule has 2 aliphatic heterocycles. The van der Waals surface area contributed by atoms with Crippen LogP contribution in [0.5, 0.6) is 5.75 Å². The summed E-state index contributed by atoms with van der Waals surface area (Å²) in [6, 6.07) is 6.47. The molecular weight excluding hydrogens is 411 g/mol. The Hall–Kier alpha value is -2.33. The molecule has 6 nitrogen and oxygen atoms in total. The molecular formula is C25H33FN2O4. The predicted octanol–water partition coefficient (Wildman–Crippen LogP) is 5.33. The average molecular weight is 445 g/mol. The fourth-order valence-electron chi connectivity index (χ4n) is 5.28. The number of carbonyl (C=O) groups is 1. The SMILES string of the molecule is CC(C)(C)OC(=O)N1[C@H]2CC[C@H]1CC(OC1CCC(Oc3ccc(F)cc3C#N)CC1)C2. The second kappa shape index (κ2) is 9.27. The Kier molecular flexibility index (Phi) is 6.62. The smallest absolute Gasteiger partial charge is 0.410 e. The molecule has 3 aliphatic rings. The topological polar surface area (TPSA) is 71.8 Å². The van der Waals surface area contributed by atoms with Crippen molar-refractivity contribution in [3.8, 4) is 11.8 Å². The van der Waals surface area contributed by atoms with E-state index in [1.165, 1.54) is 18.2 Å². The quantitative estimate of drug-likeness (QED) is 0.627. The summed E-state index contributed by atoms with van der Waals surface area (Å²) in [6.45, 7) is 5.71. The predicted molar refractivity (Wildman–Crippen MR) is 117 cm³/mol. The number of rotatable bonds is 4. The fourth-order valence-corrected chi connectivity index (χ4v) is 5.28. The summed E-state index contributed by atoms with van der Waals surface area (Å²) in [5.74, 6) is 0.0158. The van der Waals surface area contributed by atoms with Crippen LogP contribution in [0.4, 0.5) is 9.18 Å². The van der Waals surface area contributed by atoms with E-state index in [4.69, 9.17) is 14.2 Å². The second-order valence-corrected chi connectivity index (χ2v) is 10.3. The summed E-state index contributed by atoms with van der Waals surface area (Å²) < 4.78 is 31.4. The van der Waals surface area contributed by atoms with Gasteiger partial charge in [-0.3, -0.25) is 0 Å². The molecule has 0 spiro atoms. The third-order valence-electron chi connectivity index (χ3n) is 6.66. The maximum Gasteiger partial charge on any atom is 0.410 e. The van der Waals surface area contributed by atoms with Gasteiger partial charge in [-0.05, 0) is 90.3 Å². The Labute approximate surface area is 189 Å². The molecule has 0 unspecified atom stereocenters. The maximum absolute atomic E-state index is 13.3. The minimum atomic E-state index is -0.480. The number of ether oxygens (including phenoxy) is 3. The maximum atomic E-state index is 13.3. The summed E-state index contributed by atoms with van der Waals surface area (Å²) >= 11 is 0. The zero-order valence-electron chi connectivity index (χ0n) is 19.2. The van der Waals surface area contributed by atoms with E-state index in [1.54, 1.807) is 0 Å². The van der Waals surface area contributed by atoms with Crippen LogP contribution in [-0.2, 0) is 9.47 Å². The van der Waals surface area contributed by atoms with Gasteiger partial charge in [0, 0.05) is 12.1 Å². The molecule has 0 radical (unpaired) electrons. The van der Waals surface area contributed by atoms with Crippen molar-refractivity contribution >= 4 is 6.09 Å². The van der Waals surface area contributed by atoms with Crippen molar-refractivity contribution in [2.24, 2.45) is 0 Å². The first-order valence-corrected chi connectivity index (χ1v) is 11.7. The van der Waals surface area contributed by atoms with Crippen molar-refractivity contribution in [2.45, 2.75) is 108 Å². The standard InChI is InChI=1S/C25H33FN2O4/c1-25(2,3)32-24(29)28-18-5-6-19(28)14-22(13-18)30-20-7-9-21(10-8-20)31-23-11-4-17(26)12-16(23)15-27/h4,11-12,18-22H,5-10,13-14H2,1-3H3/t18-,19-,20?,21?/m0/s1. The highest BCUT2D eigenvalue weighted by Crippen LogP contribution is 2.39. The highest BCUT2D eigenvalue weighted by molar-refractivity contribution is 5.69. The molecule has 0 aromatic heterocycles. The van der Waals surface area contributed by atoms with Crippen molar-refractivity contribution < 1.29 is 23.4 Å². The number of nitriles is 1. The Morgan fingerprint density at radius 1 is 1.03 bits per heavy atom. The normalized spacial score (nSPS) is 30.0. The molecule has 174 valence electrons. The van der Waals surface area contributed by atoms with E-state index in [1.807, 2.05) is 31.7 Å². The highest BCUT2D eigenvalue weighted by Gasteiger charge is 2.45. The van der Waals surface area contributed by atoms with Gasteiger partial charge in [0.15, 0.2) is 0 Å².